The predicted molar refractivity (Wildman–Crippen MR) is 132 cm³/mol. The Kier molecular flexibility index (Phi) is 9.93. The molecule has 3 N–H and O–H groups in total. The normalized spacial score (nSPS) is 12.4. The third kappa shape index (κ3) is 6.90. The molecule has 2 aromatic rings. The van der Waals surface area contributed by atoms with Crippen LogP contribution in [0.3, 0.4) is 0 Å². The van der Waals surface area contributed by atoms with Gasteiger partial charge in [-0.05, 0) is 55.2 Å². The molecule has 0 atom stereocenters. The summed E-state index contributed by atoms with van der Waals surface area (Å²) in [5, 5.41) is 9.48. The van der Waals surface area contributed by atoms with Crippen molar-refractivity contribution in [2.75, 3.05) is 26.2 Å². The molecule has 162 valence electrons. The van der Waals surface area contributed by atoms with Crippen molar-refractivity contribution < 1.29 is 9.53 Å². The van der Waals surface area contributed by atoms with E-state index in [-0.39, 0.29) is 29.9 Å². The topological polar surface area (TPSA) is 74.8 Å². The summed E-state index contributed by atoms with van der Waals surface area (Å²) in [6.07, 6.45) is 1.93. The largest absolute Gasteiger partial charge is 0.493 e. The van der Waals surface area contributed by atoms with Crippen LogP contribution in [-0.2, 0) is 19.4 Å². The number of amides is 1. The number of benzene rings is 2. The van der Waals surface area contributed by atoms with E-state index in [2.05, 4.69) is 46.1 Å². The Morgan fingerprint density at radius 1 is 1.00 bits per heavy atom. The molecule has 0 radical (unpaired) electrons. The average molecular weight is 522 g/mol. The molecule has 1 amide bonds. The highest BCUT2D eigenvalue weighted by molar-refractivity contribution is 14.0. The van der Waals surface area contributed by atoms with Crippen molar-refractivity contribution in [2.45, 2.75) is 33.2 Å². The first-order valence-electron chi connectivity index (χ1n) is 10.3. The average Bonchev–Trinajstić information content (AvgIpc) is 3.20. The number of ether oxygens (including phenoxy) is 1. The molecule has 0 fully saturated rings. The molecule has 0 unspecified atom stereocenters. The molecule has 1 heterocycles. The van der Waals surface area contributed by atoms with Gasteiger partial charge in [-0.15, -0.1) is 24.0 Å². The Morgan fingerprint density at radius 3 is 2.47 bits per heavy atom. The van der Waals surface area contributed by atoms with Crippen LogP contribution in [0.25, 0.3) is 0 Å². The predicted octanol–water partition coefficient (Wildman–Crippen LogP) is 3.29. The lowest BCUT2D eigenvalue weighted by atomic mass is 10.1. The van der Waals surface area contributed by atoms with Gasteiger partial charge in [0, 0.05) is 31.6 Å². The quantitative estimate of drug-likeness (QED) is 0.283. The number of aliphatic imine (C=N–C) groups is 1. The summed E-state index contributed by atoms with van der Waals surface area (Å²) in [6, 6.07) is 14.0. The molecule has 0 saturated heterocycles. The highest BCUT2D eigenvalue weighted by atomic mass is 127. The van der Waals surface area contributed by atoms with Crippen LogP contribution in [0.15, 0.2) is 47.5 Å². The number of hydrogen-bond acceptors (Lipinski definition) is 3. The monoisotopic (exact) mass is 522 g/mol. The van der Waals surface area contributed by atoms with Crippen molar-refractivity contribution in [3.8, 4) is 5.75 Å². The van der Waals surface area contributed by atoms with Crippen LogP contribution in [0, 0.1) is 0 Å². The molecule has 2 aromatic carbocycles. The van der Waals surface area contributed by atoms with Crippen molar-refractivity contribution in [1.29, 1.82) is 0 Å². The highest BCUT2D eigenvalue weighted by Crippen LogP contribution is 2.25. The molecule has 6 nitrogen and oxygen atoms in total. The van der Waals surface area contributed by atoms with Gasteiger partial charge in [-0.1, -0.05) is 24.3 Å². The Labute approximate surface area is 195 Å². The van der Waals surface area contributed by atoms with E-state index in [9.17, 15) is 4.79 Å². The SMILES string of the molecule is CCNC(=O)c1ccc(CN=C(NCC)NCCc2ccc3c(c2)CCO3)cc1.I. The second kappa shape index (κ2) is 12.4. The zero-order valence-corrected chi connectivity index (χ0v) is 20.0. The lowest BCUT2D eigenvalue weighted by Gasteiger charge is -2.12. The third-order valence-corrected chi connectivity index (χ3v) is 4.78. The van der Waals surface area contributed by atoms with Crippen molar-refractivity contribution in [3.05, 3.63) is 64.7 Å². The van der Waals surface area contributed by atoms with Gasteiger partial charge in [0.25, 0.3) is 5.91 Å². The van der Waals surface area contributed by atoms with Crippen LogP contribution >= 0.6 is 24.0 Å². The van der Waals surface area contributed by atoms with Crippen LogP contribution in [0.5, 0.6) is 5.75 Å². The minimum Gasteiger partial charge on any atom is -0.493 e. The summed E-state index contributed by atoms with van der Waals surface area (Å²) >= 11 is 0. The first-order chi connectivity index (χ1) is 14.2. The molecular formula is C23H31IN4O2. The van der Waals surface area contributed by atoms with E-state index >= 15 is 0 Å². The van der Waals surface area contributed by atoms with Crippen molar-refractivity contribution >= 4 is 35.8 Å². The first kappa shape index (κ1) is 24.0. The summed E-state index contributed by atoms with van der Waals surface area (Å²) in [6.45, 7) is 7.55. The molecular weight excluding hydrogens is 491 g/mol. The van der Waals surface area contributed by atoms with Gasteiger partial charge in [-0.25, -0.2) is 4.99 Å². The van der Waals surface area contributed by atoms with Gasteiger partial charge >= 0.3 is 0 Å². The Bertz CT molecular complexity index is 853. The molecule has 0 aromatic heterocycles. The maximum absolute atomic E-state index is 11.8. The fraction of sp³-hybridized carbons (Fsp3) is 0.391. The van der Waals surface area contributed by atoms with Crippen molar-refractivity contribution in [3.63, 3.8) is 0 Å². The van der Waals surface area contributed by atoms with Gasteiger partial charge in [0.15, 0.2) is 5.96 Å². The number of fused-ring (bicyclic) bond motifs is 1. The number of guanidine groups is 1. The van der Waals surface area contributed by atoms with E-state index in [1.165, 1.54) is 11.1 Å². The summed E-state index contributed by atoms with van der Waals surface area (Å²) in [5.41, 5.74) is 4.34. The second-order valence-corrected chi connectivity index (χ2v) is 6.97. The Balaban J connectivity index is 0.00000320. The van der Waals surface area contributed by atoms with Gasteiger partial charge in [0.05, 0.1) is 13.2 Å². The fourth-order valence-corrected chi connectivity index (χ4v) is 3.26. The second-order valence-electron chi connectivity index (χ2n) is 6.97. The lowest BCUT2D eigenvalue weighted by molar-refractivity contribution is 0.0956. The minimum absolute atomic E-state index is 0. The Hall–Kier alpha value is -2.29. The molecule has 0 aliphatic carbocycles. The molecule has 0 bridgehead atoms. The molecule has 1 aliphatic heterocycles. The number of carbonyl (C=O) groups is 1. The van der Waals surface area contributed by atoms with Crippen LogP contribution < -0.4 is 20.7 Å². The molecule has 7 heteroatoms. The van der Waals surface area contributed by atoms with E-state index in [4.69, 9.17) is 4.74 Å². The van der Waals surface area contributed by atoms with Crippen LogP contribution in [-0.4, -0.2) is 38.1 Å². The van der Waals surface area contributed by atoms with Crippen LogP contribution in [0.1, 0.15) is 40.9 Å². The van der Waals surface area contributed by atoms with Crippen molar-refractivity contribution in [1.82, 2.24) is 16.0 Å². The van der Waals surface area contributed by atoms with Crippen LogP contribution in [0.4, 0.5) is 0 Å². The standard InChI is InChI=1S/C23H30N4O2.HI/c1-3-24-22(28)19-8-5-18(6-9-19)16-27-23(25-4-2)26-13-11-17-7-10-21-20(15-17)12-14-29-21;/h5-10,15H,3-4,11-14,16H2,1-2H3,(H,24,28)(H2,25,26,27);1H. The summed E-state index contributed by atoms with van der Waals surface area (Å²) in [5.74, 6) is 1.77. The van der Waals surface area contributed by atoms with E-state index in [1.807, 2.05) is 31.2 Å². The van der Waals surface area contributed by atoms with Gasteiger partial charge in [0.1, 0.15) is 5.75 Å². The van der Waals surface area contributed by atoms with Gasteiger partial charge in [-0.2, -0.15) is 0 Å². The summed E-state index contributed by atoms with van der Waals surface area (Å²) in [4.78, 5) is 16.5. The summed E-state index contributed by atoms with van der Waals surface area (Å²) in [7, 11) is 0. The number of nitrogens with zero attached hydrogens (tertiary/aromatic N) is 1. The fourth-order valence-electron chi connectivity index (χ4n) is 3.26. The summed E-state index contributed by atoms with van der Waals surface area (Å²) < 4.78 is 5.57. The van der Waals surface area contributed by atoms with Crippen LogP contribution in [0.2, 0.25) is 0 Å². The van der Waals surface area contributed by atoms with Gasteiger partial charge in [0.2, 0.25) is 0 Å². The molecule has 1 aliphatic rings. The molecule has 0 saturated carbocycles. The molecule has 3 rings (SSSR count). The van der Waals surface area contributed by atoms with Gasteiger partial charge < -0.3 is 20.7 Å². The number of carbonyl (C=O) groups excluding carboxylic acids is 1. The maximum Gasteiger partial charge on any atom is 0.251 e. The minimum atomic E-state index is -0.0457. The van der Waals surface area contributed by atoms with E-state index in [0.717, 1.165) is 49.8 Å². The number of rotatable bonds is 8. The van der Waals surface area contributed by atoms with E-state index in [1.54, 1.807) is 0 Å². The smallest absolute Gasteiger partial charge is 0.251 e. The first-order valence-corrected chi connectivity index (χ1v) is 10.3. The zero-order valence-electron chi connectivity index (χ0n) is 17.7. The maximum atomic E-state index is 11.8. The third-order valence-electron chi connectivity index (χ3n) is 4.78. The number of hydrogen-bond donors (Lipinski definition) is 3. The molecule has 0 spiro atoms. The van der Waals surface area contributed by atoms with Crippen molar-refractivity contribution in [2.24, 2.45) is 4.99 Å². The molecule has 30 heavy (non-hydrogen) atoms. The van der Waals surface area contributed by atoms with E-state index < -0.39 is 0 Å². The highest BCUT2D eigenvalue weighted by Gasteiger charge is 2.11. The van der Waals surface area contributed by atoms with E-state index in [0.29, 0.717) is 18.7 Å². The Morgan fingerprint density at radius 2 is 1.73 bits per heavy atom. The zero-order chi connectivity index (χ0) is 20.5. The number of nitrogens with one attached hydrogen (secondary N) is 3. The number of halogens is 1. The lowest BCUT2D eigenvalue weighted by Crippen LogP contribution is -2.38. The van der Waals surface area contributed by atoms with Gasteiger partial charge in [-0.3, -0.25) is 4.79 Å².